The van der Waals surface area contributed by atoms with Crippen LogP contribution in [0.5, 0.6) is 0 Å². The number of ether oxygens (including phenoxy) is 2. The molecule has 0 N–H and O–H groups in total. The van der Waals surface area contributed by atoms with Gasteiger partial charge in [-0.05, 0) is 25.0 Å². The molecular formula is C17H18N2O4S. The summed E-state index contributed by atoms with van der Waals surface area (Å²) < 4.78 is 12.4. The van der Waals surface area contributed by atoms with Gasteiger partial charge in [-0.25, -0.2) is 4.98 Å². The molecule has 0 saturated carbocycles. The van der Waals surface area contributed by atoms with Crippen LogP contribution >= 0.6 is 11.8 Å². The molecule has 0 bridgehead atoms. The van der Waals surface area contributed by atoms with Crippen LogP contribution < -0.4 is 5.56 Å². The van der Waals surface area contributed by atoms with E-state index in [4.69, 9.17) is 9.47 Å². The Morgan fingerprint density at radius 2 is 2.08 bits per heavy atom. The van der Waals surface area contributed by atoms with E-state index in [1.54, 1.807) is 10.6 Å². The molecule has 0 amide bonds. The summed E-state index contributed by atoms with van der Waals surface area (Å²) >= 11 is 1.32. The maximum Gasteiger partial charge on any atom is 0.319 e. The van der Waals surface area contributed by atoms with Gasteiger partial charge in [0, 0.05) is 13.0 Å². The largest absolute Gasteiger partial charge is 0.465 e. The van der Waals surface area contributed by atoms with Gasteiger partial charge in [-0.2, -0.15) is 0 Å². The monoisotopic (exact) mass is 346 g/mol. The summed E-state index contributed by atoms with van der Waals surface area (Å²) in [7, 11) is 0. The van der Waals surface area contributed by atoms with Crippen LogP contribution in [0.4, 0.5) is 0 Å². The molecule has 4 rings (SSSR count). The van der Waals surface area contributed by atoms with Crippen LogP contribution in [0.15, 0.2) is 34.2 Å². The minimum Gasteiger partial charge on any atom is -0.465 e. The van der Waals surface area contributed by atoms with Gasteiger partial charge in [-0.15, -0.1) is 0 Å². The molecule has 0 aliphatic carbocycles. The van der Waals surface area contributed by atoms with Crippen molar-refractivity contribution in [3.8, 4) is 0 Å². The number of cyclic esters (lactones) is 1. The minimum atomic E-state index is -0.297. The number of para-hydroxylation sites is 1. The van der Waals surface area contributed by atoms with E-state index in [1.165, 1.54) is 11.8 Å². The normalized spacial score (nSPS) is 23.8. The Morgan fingerprint density at radius 3 is 2.83 bits per heavy atom. The standard InChI is InChI=1S/C17H18N2O4S/c20-15-12-5-1-2-6-13(12)18-17(24-14-7-9-23-16(14)21)19(15)10-11-4-3-8-22-11/h1-2,5-6,11,14H,3-4,7-10H2/t11-,14-/m0/s1. The van der Waals surface area contributed by atoms with Crippen molar-refractivity contribution < 1.29 is 14.3 Å². The average Bonchev–Trinajstić information content (AvgIpc) is 3.23. The number of nitrogens with zero attached hydrogens (tertiary/aromatic N) is 2. The van der Waals surface area contributed by atoms with Crippen LogP contribution in [-0.4, -0.2) is 40.1 Å². The summed E-state index contributed by atoms with van der Waals surface area (Å²) in [4.78, 5) is 29.4. The molecule has 2 aliphatic heterocycles. The number of benzene rings is 1. The van der Waals surface area contributed by atoms with Gasteiger partial charge in [-0.3, -0.25) is 14.2 Å². The molecule has 0 radical (unpaired) electrons. The fraction of sp³-hybridized carbons (Fsp3) is 0.471. The van der Waals surface area contributed by atoms with E-state index in [0.29, 0.717) is 35.6 Å². The van der Waals surface area contributed by atoms with Crippen molar-refractivity contribution >= 4 is 28.6 Å². The maximum atomic E-state index is 12.9. The Morgan fingerprint density at radius 1 is 1.21 bits per heavy atom. The first kappa shape index (κ1) is 15.7. The van der Waals surface area contributed by atoms with Gasteiger partial charge in [-0.1, -0.05) is 23.9 Å². The molecule has 7 heteroatoms. The van der Waals surface area contributed by atoms with E-state index in [2.05, 4.69) is 4.98 Å². The summed E-state index contributed by atoms with van der Waals surface area (Å²) in [6.45, 7) is 1.64. The van der Waals surface area contributed by atoms with Crippen LogP contribution in [0.2, 0.25) is 0 Å². The average molecular weight is 346 g/mol. The van der Waals surface area contributed by atoms with Crippen LogP contribution in [-0.2, 0) is 20.8 Å². The minimum absolute atomic E-state index is 0.0283. The van der Waals surface area contributed by atoms with E-state index in [0.717, 1.165) is 19.4 Å². The molecule has 6 nitrogen and oxygen atoms in total. The maximum absolute atomic E-state index is 12.9. The van der Waals surface area contributed by atoms with Crippen molar-refractivity contribution in [1.82, 2.24) is 9.55 Å². The molecule has 1 aromatic carbocycles. The topological polar surface area (TPSA) is 70.4 Å². The molecule has 126 valence electrons. The first-order valence-corrected chi connectivity index (χ1v) is 9.05. The Bertz CT molecular complexity index is 829. The number of fused-ring (bicyclic) bond motifs is 1. The van der Waals surface area contributed by atoms with E-state index in [1.807, 2.05) is 18.2 Å². The first-order chi connectivity index (χ1) is 11.7. The molecule has 2 fully saturated rings. The number of rotatable bonds is 4. The van der Waals surface area contributed by atoms with Gasteiger partial charge >= 0.3 is 5.97 Å². The van der Waals surface area contributed by atoms with Gasteiger partial charge < -0.3 is 9.47 Å². The summed E-state index contributed by atoms with van der Waals surface area (Å²) in [5.41, 5.74) is 0.574. The molecule has 2 aromatic rings. The quantitative estimate of drug-likeness (QED) is 0.623. The van der Waals surface area contributed by atoms with E-state index < -0.39 is 0 Å². The summed E-state index contributed by atoms with van der Waals surface area (Å²) in [5, 5.41) is 0.862. The second-order valence-electron chi connectivity index (χ2n) is 6.02. The Hall–Kier alpha value is -1.86. The second kappa shape index (κ2) is 6.57. The van der Waals surface area contributed by atoms with Crippen molar-refractivity contribution in [3.05, 3.63) is 34.6 Å². The van der Waals surface area contributed by atoms with E-state index >= 15 is 0 Å². The molecule has 0 spiro atoms. The summed E-state index contributed by atoms with van der Waals surface area (Å²) in [5.74, 6) is -0.230. The van der Waals surface area contributed by atoms with Crippen LogP contribution in [0.1, 0.15) is 19.3 Å². The first-order valence-electron chi connectivity index (χ1n) is 8.17. The highest BCUT2D eigenvalue weighted by atomic mass is 32.2. The summed E-state index contributed by atoms with van der Waals surface area (Å²) in [6.07, 6.45) is 2.62. The van der Waals surface area contributed by atoms with E-state index in [9.17, 15) is 9.59 Å². The molecule has 1 aromatic heterocycles. The highest BCUT2D eigenvalue weighted by Gasteiger charge is 2.30. The molecule has 24 heavy (non-hydrogen) atoms. The van der Waals surface area contributed by atoms with Crippen molar-refractivity contribution in [2.24, 2.45) is 0 Å². The second-order valence-corrected chi connectivity index (χ2v) is 7.19. The van der Waals surface area contributed by atoms with E-state index in [-0.39, 0.29) is 22.9 Å². The van der Waals surface area contributed by atoms with Crippen LogP contribution in [0.3, 0.4) is 0 Å². The highest BCUT2D eigenvalue weighted by Crippen LogP contribution is 2.29. The van der Waals surface area contributed by atoms with Crippen molar-refractivity contribution in [2.75, 3.05) is 13.2 Å². The zero-order valence-electron chi connectivity index (χ0n) is 13.1. The lowest BCUT2D eigenvalue weighted by Crippen LogP contribution is -2.29. The predicted octanol–water partition coefficient (Wildman–Crippen LogP) is 1.98. The molecular weight excluding hydrogens is 328 g/mol. The van der Waals surface area contributed by atoms with Crippen LogP contribution in [0, 0.1) is 0 Å². The third-order valence-corrected chi connectivity index (χ3v) is 5.61. The van der Waals surface area contributed by atoms with Gasteiger partial charge in [0.25, 0.3) is 5.56 Å². The lowest BCUT2D eigenvalue weighted by Gasteiger charge is -2.17. The van der Waals surface area contributed by atoms with Gasteiger partial charge in [0.15, 0.2) is 5.16 Å². The van der Waals surface area contributed by atoms with Crippen molar-refractivity contribution in [3.63, 3.8) is 0 Å². The predicted molar refractivity (Wildman–Crippen MR) is 90.2 cm³/mol. The molecule has 0 unspecified atom stereocenters. The van der Waals surface area contributed by atoms with Crippen molar-refractivity contribution in [1.29, 1.82) is 0 Å². The number of hydrogen-bond acceptors (Lipinski definition) is 6. The number of carbonyl (C=O) groups excluding carboxylic acids is 1. The third-order valence-electron chi connectivity index (χ3n) is 4.37. The van der Waals surface area contributed by atoms with Crippen molar-refractivity contribution in [2.45, 2.75) is 42.3 Å². The fourth-order valence-corrected chi connectivity index (χ4v) is 4.17. The lowest BCUT2D eigenvalue weighted by atomic mass is 10.2. The summed E-state index contributed by atoms with van der Waals surface area (Å²) in [6, 6.07) is 7.31. The lowest BCUT2D eigenvalue weighted by molar-refractivity contribution is -0.137. The number of hydrogen-bond donors (Lipinski definition) is 0. The van der Waals surface area contributed by atoms with Gasteiger partial charge in [0.2, 0.25) is 0 Å². The molecule has 2 aliphatic rings. The van der Waals surface area contributed by atoms with Gasteiger partial charge in [0.1, 0.15) is 5.25 Å². The molecule has 3 heterocycles. The van der Waals surface area contributed by atoms with Crippen LogP contribution in [0.25, 0.3) is 10.9 Å². The SMILES string of the molecule is O=C1OCC[C@@H]1Sc1nc2ccccc2c(=O)n1C[C@@H]1CCCO1. The number of esters is 1. The zero-order chi connectivity index (χ0) is 16.5. The number of thioether (sulfide) groups is 1. The Kier molecular flexibility index (Phi) is 4.28. The molecule has 2 saturated heterocycles. The Labute approximate surface area is 143 Å². The smallest absolute Gasteiger partial charge is 0.319 e. The number of carbonyl (C=O) groups is 1. The van der Waals surface area contributed by atoms with Gasteiger partial charge in [0.05, 0.1) is 30.2 Å². The Balaban J connectivity index is 1.76. The third kappa shape index (κ3) is 2.93. The number of aromatic nitrogens is 2. The fourth-order valence-electron chi connectivity index (χ4n) is 3.10. The molecule has 2 atom stereocenters. The zero-order valence-corrected chi connectivity index (χ0v) is 14.0. The highest BCUT2D eigenvalue weighted by molar-refractivity contribution is 8.00.